The van der Waals surface area contributed by atoms with E-state index in [0.29, 0.717) is 5.41 Å². The van der Waals surface area contributed by atoms with Gasteiger partial charge in [-0.05, 0) is 30.6 Å². The molecule has 0 aromatic heterocycles. The van der Waals surface area contributed by atoms with Crippen LogP contribution in [-0.2, 0) is 4.79 Å². The summed E-state index contributed by atoms with van der Waals surface area (Å²) in [4.78, 5) is 11.7. The zero-order valence-electron chi connectivity index (χ0n) is 10.6. The van der Waals surface area contributed by atoms with Crippen LogP contribution in [0.3, 0.4) is 0 Å². The van der Waals surface area contributed by atoms with Crippen LogP contribution in [0.2, 0.25) is 0 Å². The van der Waals surface area contributed by atoms with E-state index in [0.717, 1.165) is 19.4 Å². The Balaban J connectivity index is 0.00000225. The zero-order valence-corrected chi connectivity index (χ0v) is 11.4. The molecule has 1 saturated carbocycles. The molecule has 2 unspecified atom stereocenters. The van der Waals surface area contributed by atoms with E-state index in [4.69, 9.17) is 5.73 Å². The van der Waals surface area contributed by atoms with Crippen molar-refractivity contribution in [2.45, 2.75) is 52.5 Å². The lowest BCUT2D eigenvalue weighted by atomic mass is 9.98. The van der Waals surface area contributed by atoms with Gasteiger partial charge in [0, 0.05) is 6.54 Å². The summed E-state index contributed by atoms with van der Waals surface area (Å²) in [6.45, 7) is 7.09. The number of carbonyl (C=O) groups is 1. The molecule has 0 aliphatic heterocycles. The number of amides is 1. The van der Waals surface area contributed by atoms with Gasteiger partial charge in [0.05, 0.1) is 6.04 Å². The van der Waals surface area contributed by atoms with Gasteiger partial charge in [0.2, 0.25) is 5.91 Å². The first kappa shape index (κ1) is 15.7. The Bertz CT molecular complexity index is 229. The van der Waals surface area contributed by atoms with E-state index >= 15 is 0 Å². The molecule has 0 spiro atoms. The van der Waals surface area contributed by atoms with Gasteiger partial charge in [0.15, 0.2) is 0 Å². The van der Waals surface area contributed by atoms with E-state index in [2.05, 4.69) is 19.2 Å². The first-order valence-electron chi connectivity index (χ1n) is 6.08. The van der Waals surface area contributed by atoms with Crippen molar-refractivity contribution in [3.8, 4) is 0 Å². The maximum absolute atomic E-state index is 11.7. The Morgan fingerprint density at radius 1 is 1.44 bits per heavy atom. The molecule has 1 fully saturated rings. The molecule has 0 bridgehead atoms. The average molecular weight is 249 g/mol. The Kier molecular flexibility index (Phi) is 6.34. The molecule has 3 nitrogen and oxygen atoms in total. The van der Waals surface area contributed by atoms with Crippen molar-refractivity contribution >= 4 is 18.3 Å². The quantitative estimate of drug-likeness (QED) is 0.756. The third-order valence-corrected chi connectivity index (χ3v) is 3.90. The number of carbonyl (C=O) groups excluding carboxylic acids is 1. The molecule has 3 N–H and O–H groups in total. The summed E-state index contributed by atoms with van der Waals surface area (Å²) in [5.74, 6) is 0.283. The number of rotatable bonds is 6. The average Bonchev–Trinajstić information content (AvgIpc) is 3.04. The van der Waals surface area contributed by atoms with Crippen molar-refractivity contribution < 1.29 is 4.79 Å². The third-order valence-electron chi connectivity index (χ3n) is 3.90. The van der Waals surface area contributed by atoms with Gasteiger partial charge in [-0.1, -0.05) is 27.2 Å². The normalized spacial score (nSPS) is 20.5. The molecule has 0 radical (unpaired) electrons. The smallest absolute Gasteiger partial charge is 0.237 e. The van der Waals surface area contributed by atoms with Crippen molar-refractivity contribution in [2.75, 3.05) is 6.54 Å². The predicted molar refractivity (Wildman–Crippen MR) is 69.6 cm³/mol. The van der Waals surface area contributed by atoms with Crippen molar-refractivity contribution in [1.29, 1.82) is 0 Å². The minimum absolute atomic E-state index is 0. The van der Waals surface area contributed by atoms with E-state index < -0.39 is 0 Å². The number of hydrogen-bond donors (Lipinski definition) is 2. The Morgan fingerprint density at radius 3 is 2.38 bits per heavy atom. The topological polar surface area (TPSA) is 55.1 Å². The van der Waals surface area contributed by atoms with Crippen molar-refractivity contribution in [1.82, 2.24) is 5.32 Å². The molecule has 1 rings (SSSR count). The molecule has 96 valence electrons. The highest BCUT2D eigenvalue weighted by Gasteiger charge is 2.40. The van der Waals surface area contributed by atoms with Crippen LogP contribution in [0.25, 0.3) is 0 Å². The van der Waals surface area contributed by atoms with Crippen LogP contribution in [0, 0.1) is 11.3 Å². The van der Waals surface area contributed by atoms with Crippen LogP contribution < -0.4 is 11.1 Å². The number of nitrogens with two attached hydrogens (primary N) is 1. The number of hydrogen-bond acceptors (Lipinski definition) is 2. The van der Waals surface area contributed by atoms with Gasteiger partial charge in [-0.3, -0.25) is 4.79 Å². The molecule has 1 amide bonds. The van der Waals surface area contributed by atoms with Gasteiger partial charge in [-0.25, -0.2) is 0 Å². The highest BCUT2D eigenvalue weighted by atomic mass is 35.5. The Hall–Kier alpha value is -0.280. The lowest BCUT2D eigenvalue weighted by molar-refractivity contribution is -0.123. The Morgan fingerprint density at radius 2 is 2.00 bits per heavy atom. The zero-order chi connectivity index (χ0) is 11.5. The first-order chi connectivity index (χ1) is 7.04. The predicted octanol–water partition coefficient (Wildman–Crippen LogP) is 2.09. The minimum Gasteiger partial charge on any atom is -0.354 e. The van der Waals surface area contributed by atoms with Crippen LogP contribution in [0.15, 0.2) is 0 Å². The summed E-state index contributed by atoms with van der Waals surface area (Å²) in [5.41, 5.74) is 6.26. The second-order valence-corrected chi connectivity index (χ2v) is 4.98. The van der Waals surface area contributed by atoms with E-state index in [-0.39, 0.29) is 30.3 Å². The lowest BCUT2D eigenvalue weighted by Crippen LogP contribution is -2.46. The van der Waals surface area contributed by atoms with Gasteiger partial charge < -0.3 is 11.1 Å². The van der Waals surface area contributed by atoms with Crippen LogP contribution in [0.4, 0.5) is 0 Å². The molecule has 2 atom stereocenters. The van der Waals surface area contributed by atoms with Crippen molar-refractivity contribution in [3.05, 3.63) is 0 Å². The maximum Gasteiger partial charge on any atom is 0.237 e. The van der Waals surface area contributed by atoms with Crippen molar-refractivity contribution in [3.63, 3.8) is 0 Å². The Labute approximate surface area is 105 Å². The molecule has 0 heterocycles. The fourth-order valence-electron chi connectivity index (χ4n) is 1.74. The summed E-state index contributed by atoms with van der Waals surface area (Å²) in [6.07, 6.45) is 4.62. The summed E-state index contributed by atoms with van der Waals surface area (Å²) >= 11 is 0. The highest BCUT2D eigenvalue weighted by molar-refractivity contribution is 5.85. The summed E-state index contributed by atoms with van der Waals surface area (Å²) in [6, 6.07) is -0.345. The second-order valence-electron chi connectivity index (χ2n) is 4.98. The maximum atomic E-state index is 11.7. The van der Waals surface area contributed by atoms with Gasteiger partial charge in [-0.2, -0.15) is 0 Å². The van der Waals surface area contributed by atoms with Crippen LogP contribution in [0.1, 0.15) is 46.5 Å². The molecular weight excluding hydrogens is 224 g/mol. The van der Waals surface area contributed by atoms with E-state index in [1.807, 2.05) is 6.92 Å². The molecule has 1 aliphatic carbocycles. The highest BCUT2D eigenvalue weighted by Crippen LogP contribution is 2.47. The van der Waals surface area contributed by atoms with Crippen molar-refractivity contribution in [2.24, 2.45) is 17.1 Å². The van der Waals surface area contributed by atoms with E-state index in [1.54, 1.807) is 0 Å². The van der Waals surface area contributed by atoms with Gasteiger partial charge in [0.1, 0.15) is 0 Å². The molecule has 0 aromatic carbocycles. The largest absolute Gasteiger partial charge is 0.354 e. The fraction of sp³-hybridized carbons (Fsp3) is 0.917. The van der Waals surface area contributed by atoms with Gasteiger partial charge in [-0.15, -0.1) is 12.4 Å². The van der Waals surface area contributed by atoms with Gasteiger partial charge >= 0.3 is 0 Å². The summed E-state index contributed by atoms with van der Waals surface area (Å²) in [5, 5.41) is 2.99. The SMILES string of the molecule is CCC(C)C(N)C(=O)NCC1(CC)CC1.Cl. The molecular formula is C12H25ClN2O. The second kappa shape index (κ2) is 6.45. The summed E-state index contributed by atoms with van der Waals surface area (Å²) in [7, 11) is 0. The van der Waals surface area contributed by atoms with E-state index in [1.165, 1.54) is 12.8 Å². The van der Waals surface area contributed by atoms with E-state index in [9.17, 15) is 4.79 Å². The van der Waals surface area contributed by atoms with Crippen LogP contribution >= 0.6 is 12.4 Å². The van der Waals surface area contributed by atoms with Crippen LogP contribution in [-0.4, -0.2) is 18.5 Å². The van der Waals surface area contributed by atoms with Gasteiger partial charge in [0.25, 0.3) is 0 Å². The molecule has 1 aliphatic rings. The molecule has 0 saturated heterocycles. The van der Waals surface area contributed by atoms with Crippen LogP contribution in [0.5, 0.6) is 0 Å². The summed E-state index contributed by atoms with van der Waals surface area (Å²) < 4.78 is 0. The lowest BCUT2D eigenvalue weighted by Gasteiger charge is -2.20. The molecule has 0 aromatic rings. The number of nitrogens with one attached hydrogen (secondary N) is 1. The third kappa shape index (κ3) is 3.95. The molecule has 16 heavy (non-hydrogen) atoms. The molecule has 4 heteroatoms. The minimum atomic E-state index is -0.345. The number of halogens is 1. The monoisotopic (exact) mass is 248 g/mol. The fourth-order valence-corrected chi connectivity index (χ4v) is 1.74. The first-order valence-corrected chi connectivity index (χ1v) is 6.08. The standard InChI is InChI=1S/C12H24N2O.ClH/c1-4-9(3)10(13)11(15)14-8-12(5-2)6-7-12;/h9-10H,4-8,13H2,1-3H3,(H,14,15);1H.